The van der Waals surface area contributed by atoms with Crippen LogP contribution < -0.4 is 0 Å². The molecule has 5 nitrogen and oxygen atoms in total. The number of hydrogen-bond acceptors (Lipinski definition) is 5. The van der Waals surface area contributed by atoms with Crippen molar-refractivity contribution < 1.29 is 9.53 Å². The smallest absolute Gasteiger partial charge is 0.320 e. The summed E-state index contributed by atoms with van der Waals surface area (Å²) in [5.41, 5.74) is 0. The zero-order chi connectivity index (χ0) is 12.7. The summed E-state index contributed by atoms with van der Waals surface area (Å²) < 4.78 is 5.20. The highest BCUT2D eigenvalue weighted by Gasteiger charge is 2.16. The van der Waals surface area contributed by atoms with Crippen LogP contribution in [0.5, 0.6) is 0 Å². The van der Waals surface area contributed by atoms with Gasteiger partial charge in [-0.2, -0.15) is 0 Å². The Kier molecular flexibility index (Phi) is 6.47. The molecule has 0 saturated carbocycles. The first-order chi connectivity index (χ1) is 8.08. The molecule has 0 aromatic carbocycles. The molecular weight excluding hydrogens is 218 g/mol. The van der Waals surface area contributed by atoms with Gasteiger partial charge in [-0.3, -0.25) is 9.69 Å². The highest BCUT2D eigenvalue weighted by atomic mass is 16.5. The van der Waals surface area contributed by atoms with E-state index in [0.29, 0.717) is 13.2 Å². The Morgan fingerprint density at radius 3 is 2.47 bits per heavy atom. The molecule has 1 rings (SSSR count). The monoisotopic (exact) mass is 243 g/mol. The third kappa shape index (κ3) is 6.61. The Morgan fingerprint density at radius 1 is 1.24 bits per heavy atom. The summed E-state index contributed by atoms with van der Waals surface area (Å²) in [4.78, 5) is 18.1. The van der Waals surface area contributed by atoms with Gasteiger partial charge in [0.15, 0.2) is 0 Å². The van der Waals surface area contributed by atoms with Gasteiger partial charge >= 0.3 is 5.97 Å². The Bertz CT molecular complexity index is 226. The number of rotatable bonds is 6. The van der Waals surface area contributed by atoms with Crippen molar-refractivity contribution >= 4 is 5.97 Å². The van der Waals surface area contributed by atoms with Crippen molar-refractivity contribution in [1.29, 1.82) is 0 Å². The number of carbonyl (C=O) groups is 1. The fourth-order valence-electron chi connectivity index (χ4n) is 1.80. The number of piperazine rings is 1. The summed E-state index contributed by atoms with van der Waals surface area (Å²) in [5, 5.41) is 0. The van der Waals surface area contributed by atoms with Crippen LogP contribution in [-0.2, 0) is 9.53 Å². The normalized spacial score (nSPS) is 18.6. The average molecular weight is 243 g/mol. The maximum absolute atomic E-state index is 11.5. The first kappa shape index (κ1) is 14.4. The van der Waals surface area contributed by atoms with E-state index in [1.165, 1.54) is 0 Å². The van der Waals surface area contributed by atoms with Crippen LogP contribution in [0.1, 0.15) is 6.42 Å². The first-order valence-corrected chi connectivity index (χ1v) is 6.29. The summed E-state index contributed by atoms with van der Waals surface area (Å²) in [5.74, 6) is -0.0895. The molecule has 0 aliphatic carbocycles. The molecule has 1 aliphatic rings. The van der Waals surface area contributed by atoms with Crippen molar-refractivity contribution in [2.45, 2.75) is 6.42 Å². The average Bonchev–Trinajstić information content (AvgIpc) is 2.27. The zero-order valence-electron chi connectivity index (χ0n) is 11.3. The molecule has 17 heavy (non-hydrogen) atoms. The molecule has 0 atom stereocenters. The van der Waals surface area contributed by atoms with E-state index in [-0.39, 0.29) is 5.97 Å². The standard InChI is InChI=1S/C12H25N3O2/c1-13(2)5-4-10-17-12(16)11-15-8-6-14(3)7-9-15/h4-11H2,1-3H3. The van der Waals surface area contributed by atoms with E-state index in [2.05, 4.69) is 21.7 Å². The van der Waals surface area contributed by atoms with Gasteiger partial charge in [0.05, 0.1) is 13.2 Å². The molecule has 1 aliphatic heterocycles. The molecule has 0 bridgehead atoms. The molecule has 1 heterocycles. The fraction of sp³-hybridized carbons (Fsp3) is 0.917. The Labute approximate surface area is 104 Å². The highest BCUT2D eigenvalue weighted by Crippen LogP contribution is 1.99. The summed E-state index contributed by atoms with van der Waals surface area (Å²) in [7, 11) is 6.15. The lowest BCUT2D eigenvalue weighted by Gasteiger charge is -2.31. The van der Waals surface area contributed by atoms with Crippen LogP contribution in [0.15, 0.2) is 0 Å². The minimum absolute atomic E-state index is 0.0895. The van der Waals surface area contributed by atoms with Gasteiger partial charge in [-0.1, -0.05) is 0 Å². The lowest BCUT2D eigenvalue weighted by atomic mass is 10.3. The topological polar surface area (TPSA) is 36.0 Å². The number of likely N-dealkylation sites (N-methyl/N-ethyl adjacent to an activating group) is 1. The van der Waals surface area contributed by atoms with Crippen molar-refractivity contribution in [1.82, 2.24) is 14.7 Å². The Hall–Kier alpha value is -0.650. The Morgan fingerprint density at radius 2 is 1.88 bits per heavy atom. The van der Waals surface area contributed by atoms with Crippen LogP contribution in [-0.4, -0.2) is 87.7 Å². The zero-order valence-corrected chi connectivity index (χ0v) is 11.3. The molecular formula is C12H25N3O2. The molecule has 0 aromatic heterocycles. The van der Waals surface area contributed by atoms with Crippen molar-refractivity contribution in [3.05, 3.63) is 0 Å². The van der Waals surface area contributed by atoms with Gasteiger partial charge in [0.25, 0.3) is 0 Å². The summed E-state index contributed by atoms with van der Waals surface area (Å²) >= 11 is 0. The van der Waals surface area contributed by atoms with Gasteiger partial charge in [-0.05, 0) is 27.6 Å². The maximum Gasteiger partial charge on any atom is 0.320 e. The van der Waals surface area contributed by atoms with E-state index in [4.69, 9.17) is 4.74 Å². The van der Waals surface area contributed by atoms with Crippen molar-refractivity contribution in [2.75, 3.05) is 67.0 Å². The number of hydrogen-bond donors (Lipinski definition) is 0. The number of carbonyl (C=O) groups excluding carboxylic acids is 1. The minimum atomic E-state index is -0.0895. The van der Waals surface area contributed by atoms with Gasteiger partial charge in [-0.15, -0.1) is 0 Å². The number of ether oxygens (including phenoxy) is 1. The van der Waals surface area contributed by atoms with E-state index < -0.39 is 0 Å². The predicted molar refractivity (Wildman–Crippen MR) is 68.1 cm³/mol. The van der Waals surface area contributed by atoms with E-state index in [1.54, 1.807) is 0 Å². The second kappa shape index (κ2) is 7.63. The van der Waals surface area contributed by atoms with Crippen molar-refractivity contribution in [3.8, 4) is 0 Å². The summed E-state index contributed by atoms with van der Waals surface area (Å²) in [6.45, 7) is 5.93. The molecule has 0 N–H and O–H groups in total. The fourth-order valence-corrected chi connectivity index (χ4v) is 1.80. The van der Waals surface area contributed by atoms with Gasteiger partial charge in [0, 0.05) is 32.7 Å². The van der Waals surface area contributed by atoms with Crippen LogP contribution in [0.3, 0.4) is 0 Å². The largest absolute Gasteiger partial charge is 0.465 e. The molecule has 100 valence electrons. The third-order valence-electron chi connectivity index (χ3n) is 2.96. The first-order valence-electron chi connectivity index (χ1n) is 6.29. The van der Waals surface area contributed by atoms with E-state index in [0.717, 1.165) is 39.1 Å². The number of esters is 1. The molecule has 1 saturated heterocycles. The van der Waals surface area contributed by atoms with E-state index in [9.17, 15) is 4.79 Å². The van der Waals surface area contributed by atoms with Crippen molar-refractivity contribution in [3.63, 3.8) is 0 Å². The van der Waals surface area contributed by atoms with Crippen LogP contribution in [0, 0.1) is 0 Å². The SMILES string of the molecule is CN(C)CCCOC(=O)CN1CCN(C)CC1. The van der Waals surface area contributed by atoms with Crippen molar-refractivity contribution in [2.24, 2.45) is 0 Å². The third-order valence-corrected chi connectivity index (χ3v) is 2.96. The lowest BCUT2D eigenvalue weighted by Crippen LogP contribution is -2.46. The van der Waals surface area contributed by atoms with E-state index >= 15 is 0 Å². The van der Waals surface area contributed by atoms with Crippen LogP contribution in [0.25, 0.3) is 0 Å². The molecule has 0 amide bonds. The van der Waals surface area contributed by atoms with Gasteiger partial charge in [0.1, 0.15) is 0 Å². The second-order valence-corrected chi connectivity index (χ2v) is 4.96. The minimum Gasteiger partial charge on any atom is -0.465 e. The summed E-state index contributed by atoms with van der Waals surface area (Å²) in [6, 6.07) is 0. The maximum atomic E-state index is 11.5. The Balaban J connectivity index is 2.04. The predicted octanol–water partition coefficient (Wildman–Crippen LogP) is -0.271. The molecule has 5 heteroatoms. The molecule has 0 radical (unpaired) electrons. The quantitative estimate of drug-likeness (QED) is 0.474. The highest BCUT2D eigenvalue weighted by molar-refractivity contribution is 5.71. The van der Waals surface area contributed by atoms with Crippen LogP contribution in [0.2, 0.25) is 0 Å². The molecule has 0 spiro atoms. The van der Waals surface area contributed by atoms with E-state index in [1.807, 2.05) is 14.1 Å². The van der Waals surface area contributed by atoms with Gasteiger partial charge < -0.3 is 14.5 Å². The van der Waals surface area contributed by atoms with Crippen LogP contribution in [0.4, 0.5) is 0 Å². The van der Waals surface area contributed by atoms with Gasteiger partial charge in [-0.25, -0.2) is 0 Å². The molecule has 0 unspecified atom stereocenters. The molecule has 0 aromatic rings. The number of nitrogens with zero attached hydrogens (tertiary/aromatic N) is 3. The van der Waals surface area contributed by atoms with Crippen LogP contribution >= 0.6 is 0 Å². The second-order valence-electron chi connectivity index (χ2n) is 4.96. The lowest BCUT2D eigenvalue weighted by molar-refractivity contribution is -0.145. The molecule has 1 fully saturated rings. The summed E-state index contributed by atoms with van der Waals surface area (Å²) in [6.07, 6.45) is 0.904. The van der Waals surface area contributed by atoms with Gasteiger partial charge in [0.2, 0.25) is 0 Å².